The van der Waals surface area contributed by atoms with E-state index < -0.39 is 0 Å². The number of carbonyl (C=O) groups excluding carboxylic acids is 2. The minimum absolute atomic E-state index is 0.0160. The van der Waals surface area contributed by atoms with Gasteiger partial charge in [0.15, 0.2) is 0 Å². The number of nitrogens with zero attached hydrogens (tertiary/aromatic N) is 2. The molecule has 0 bridgehead atoms. The number of rotatable bonds is 5. The number of hydrogen-bond donors (Lipinski definition) is 1. The Morgan fingerprint density at radius 3 is 2.52 bits per heavy atom. The molecule has 5 nitrogen and oxygen atoms in total. The minimum atomic E-state index is -0.192. The molecule has 2 amide bonds. The average Bonchev–Trinajstić information content (AvgIpc) is 3.13. The first kappa shape index (κ1) is 17.6. The fourth-order valence-electron chi connectivity index (χ4n) is 2.97. The Kier molecular flexibility index (Phi) is 5.83. The van der Waals surface area contributed by atoms with Crippen molar-refractivity contribution in [2.45, 2.75) is 13.5 Å². The lowest BCUT2D eigenvalue weighted by Gasteiger charge is -2.34. The summed E-state index contributed by atoms with van der Waals surface area (Å²) in [5, 5.41) is 4.83. The second-order valence-corrected chi connectivity index (χ2v) is 7.27. The van der Waals surface area contributed by atoms with Gasteiger partial charge in [0.1, 0.15) is 0 Å². The van der Waals surface area contributed by atoms with Gasteiger partial charge in [-0.3, -0.25) is 14.5 Å². The van der Waals surface area contributed by atoms with Crippen molar-refractivity contribution in [3.8, 4) is 0 Å². The standard InChI is InChI=1S/C19H23N3O2S/c1-15-5-2-3-7-17(15)19(24)20-13-18(23)22-10-8-21(9-11-22)14-16-6-4-12-25-16/h2-7,12H,8-11,13-14H2,1H3,(H,20,24). The van der Waals surface area contributed by atoms with Crippen molar-refractivity contribution in [3.63, 3.8) is 0 Å². The third-order valence-corrected chi connectivity index (χ3v) is 5.34. The van der Waals surface area contributed by atoms with Crippen LogP contribution in [0.5, 0.6) is 0 Å². The van der Waals surface area contributed by atoms with E-state index in [0.29, 0.717) is 18.7 Å². The Morgan fingerprint density at radius 2 is 1.84 bits per heavy atom. The Morgan fingerprint density at radius 1 is 1.08 bits per heavy atom. The molecule has 0 radical (unpaired) electrons. The molecular formula is C19H23N3O2S. The molecule has 25 heavy (non-hydrogen) atoms. The van der Waals surface area contributed by atoms with Crippen LogP contribution in [0.25, 0.3) is 0 Å². The number of carbonyl (C=O) groups is 2. The third-order valence-electron chi connectivity index (χ3n) is 4.47. The van der Waals surface area contributed by atoms with Gasteiger partial charge in [0.25, 0.3) is 5.91 Å². The monoisotopic (exact) mass is 357 g/mol. The molecule has 1 aromatic carbocycles. The lowest BCUT2D eigenvalue weighted by molar-refractivity contribution is -0.131. The molecule has 3 rings (SSSR count). The smallest absolute Gasteiger partial charge is 0.251 e. The summed E-state index contributed by atoms with van der Waals surface area (Å²) in [4.78, 5) is 30.1. The largest absolute Gasteiger partial charge is 0.343 e. The van der Waals surface area contributed by atoms with Gasteiger partial charge in [0.05, 0.1) is 6.54 Å². The van der Waals surface area contributed by atoms with E-state index in [1.54, 1.807) is 17.4 Å². The van der Waals surface area contributed by atoms with Gasteiger partial charge in [-0.05, 0) is 30.0 Å². The van der Waals surface area contributed by atoms with Gasteiger partial charge in [-0.15, -0.1) is 11.3 Å². The molecule has 0 spiro atoms. The van der Waals surface area contributed by atoms with Crippen molar-refractivity contribution in [2.24, 2.45) is 0 Å². The van der Waals surface area contributed by atoms with E-state index in [1.165, 1.54) is 4.88 Å². The predicted molar refractivity (Wildman–Crippen MR) is 99.7 cm³/mol. The van der Waals surface area contributed by atoms with Crippen LogP contribution in [0.2, 0.25) is 0 Å². The lowest BCUT2D eigenvalue weighted by Crippen LogP contribution is -2.50. The SMILES string of the molecule is Cc1ccccc1C(=O)NCC(=O)N1CCN(Cc2cccs2)CC1. The molecule has 0 saturated carbocycles. The molecule has 0 aliphatic carbocycles. The van der Waals surface area contributed by atoms with Crippen LogP contribution in [0.4, 0.5) is 0 Å². The van der Waals surface area contributed by atoms with Crippen LogP contribution < -0.4 is 5.32 Å². The van der Waals surface area contributed by atoms with E-state index in [9.17, 15) is 9.59 Å². The van der Waals surface area contributed by atoms with Crippen molar-refractivity contribution in [2.75, 3.05) is 32.7 Å². The van der Waals surface area contributed by atoms with Crippen LogP contribution in [-0.2, 0) is 11.3 Å². The van der Waals surface area contributed by atoms with Crippen LogP contribution >= 0.6 is 11.3 Å². The van der Waals surface area contributed by atoms with Gasteiger partial charge < -0.3 is 10.2 Å². The molecule has 6 heteroatoms. The van der Waals surface area contributed by atoms with Crippen LogP contribution in [-0.4, -0.2) is 54.3 Å². The highest BCUT2D eigenvalue weighted by atomic mass is 32.1. The first-order valence-electron chi connectivity index (χ1n) is 8.50. The molecule has 2 heterocycles. The van der Waals surface area contributed by atoms with Gasteiger partial charge in [-0.1, -0.05) is 24.3 Å². The summed E-state index contributed by atoms with van der Waals surface area (Å²) in [6.07, 6.45) is 0. The van der Waals surface area contributed by atoms with E-state index in [-0.39, 0.29) is 18.4 Å². The van der Waals surface area contributed by atoms with E-state index >= 15 is 0 Å². The van der Waals surface area contributed by atoms with Gasteiger partial charge in [-0.25, -0.2) is 0 Å². The fraction of sp³-hybridized carbons (Fsp3) is 0.368. The van der Waals surface area contributed by atoms with Gasteiger partial charge in [0.2, 0.25) is 5.91 Å². The maximum Gasteiger partial charge on any atom is 0.251 e. The maximum atomic E-state index is 12.3. The van der Waals surface area contributed by atoms with Crippen molar-refractivity contribution in [3.05, 3.63) is 57.8 Å². The summed E-state index contributed by atoms with van der Waals surface area (Å²) in [5.74, 6) is -0.208. The van der Waals surface area contributed by atoms with Crippen molar-refractivity contribution < 1.29 is 9.59 Å². The zero-order chi connectivity index (χ0) is 17.6. The summed E-state index contributed by atoms with van der Waals surface area (Å²) in [5.41, 5.74) is 1.53. The Bertz CT molecular complexity index is 722. The molecule has 0 unspecified atom stereocenters. The molecule has 1 aliphatic heterocycles. The highest BCUT2D eigenvalue weighted by molar-refractivity contribution is 7.09. The second-order valence-electron chi connectivity index (χ2n) is 6.23. The van der Waals surface area contributed by atoms with Crippen molar-refractivity contribution in [1.82, 2.24) is 15.1 Å². The van der Waals surface area contributed by atoms with Crippen LogP contribution in [0.15, 0.2) is 41.8 Å². The molecule has 1 N–H and O–H groups in total. The average molecular weight is 357 g/mol. The number of nitrogens with one attached hydrogen (secondary N) is 1. The van der Waals surface area contributed by atoms with E-state index in [4.69, 9.17) is 0 Å². The molecule has 1 fully saturated rings. The van der Waals surface area contributed by atoms with Crippen LogP contribution in [0, 0.1) is 6.92 Å². The number of benzene rings is 1. The first-order chi connectivity index (χ1) is 12.1. The molecule has 2 aromatic rings. The maximum absolute atomic E-state index is 12.3. The lowest BCUT2D eigenvalue weighted by atomic mass is 10.1. The van der Waals surface area contributed by atoms with Crippen LogP contribution in [0.3, 0.4) is 0 Å². The summed E-state index contributed by atoms with van der Waals surface area (Å²) < 4.78 is 0. The summed E-state index contributed by atoms with van der Waals surface area (Å²) in [7, 11) is 0. The molecular weight excluding hydrogens is 334 g/mol. The minimum Gasteiger partial charge on any atom is -0.343 e. The Hall–Kier alpha value is -2.18. The van der Waals surface area contributed by atoms with Gasteiger partial charge in [-0.2, -0.15) is 0 Å². The number of aryl methyl sites for hydroxylation is 1. The number of thiophene rings is 1. The van der Waals surface area contributed by atoms with E-state index in [0.717, 1.165) is 25.2 Å². The summed E-state index contributed by atoms with van der Waals surface area (Å²) in [6, 6.07) is 11.6. The Balaban J connectivity index is 1.43. The number of hydrogen-bond acceptors (Lipinski definition) is 4. The fourth-order valence-corrected chi connectivity index (χ4v) is 3.72. The molecule has 132 valence electrons. The van der Waals surface area contributed by atoms with Crippen molar-refractivity contribution in [1.29, 1.82) is 0 Å². The molecule has 1 aliphatic rings. The molecule has 1 aromatic heterocycles. The summed E-state index contributed by atoms with van der Waals surface area (Å²) in [6.45, 7) is 6.06. The van der Waals surface area contributed by atoms with E-state index in [2.05, 4.69) is 27.7 Å². The third kappa shape index (κ3) is 4.67. The zero-order valence-corrected chi connectivity index (χ0v) is 15.2. The normalized spacial score (nSPS) is 15.2. The van der Waals surface area contributed by atoms with Crippen molar-refractivity contribution >= 4 is 23.2 Å². The van der Waals surface area contributed by atoms with Gasteiger partial charge >= 0.3 is 0 Å². The quantitative estimate of drug-likeness (QED) is 0.892. The predicted octanol–water partition coefficient (Wildman–Crippen LogP) is 2.13. The summed E-state index contributed by atoms with van der Waals surface area (Å²) >= 11 is 1.76. The highest BCUT2D eigenvalue weighted by Gasteiger charge is 2.21. The first-order valence-corrected chi connectivity index (χ1v) is 9.38. The topological polar surface area (TPSA) is 52.7 Å². The molecule has 0 atom stereocenters. The molecule has 1 saturated heterocycles. The van der Waals surface area contributed by atoms with Crippen LogP contribution in [0.1, 0.15) is 20.8 Å². The number of piperazine rings is 1. The second kappa shape index (κ2) is 8.27. The Labute approximate surface area is 152 Å². The van der Waals surface area contributed by atoms with Gasteiger partial charge in [0, 0.05) is 43.2 Å². The zero-order valence-electron chi connectivity index (χ0n) is 14.4. The highest BCUT2D eigenvalue weighted by Crippen LogP contribution is 2.13. The number of amides is 2. The van der Waals surface area contributed by atoms with E-state index in [1.807, 2.05) is 30.0 Å².